The van der Waals surface area contributed by atoms with E-state index in [2.05, 4.69) is 4.98 Å². The molecule has 1 aromatic heterocycles. The first-order valence-corrected chi connectivity index (χ1v) is 7.21. The van der Waals surface area contributed by atoms with Gasteiger partial charge in [0.1, 0.15) is 0 Å². The number of aromatic nitrogens is 1. The number of nitrogens with zero attached hydrogens (tertiary/aromatic N) is 2. The van der Waals surface area contributed by atoms with Crippen molar-refractivity contribution in [1.82, 2.24) is 9.88 Å². The third-order valence-electron chi connectivity index (χ3n) is 3.86. The molecule has 5 nitrogen and oxygen atoms in total. The van der Waals surface area contributed by atoms with E-state index in [-0.39, 0.29) is 18.7 Å². The van der Waals surface area contributed by atoms with Crippen LogP contribution in [0.1, 0.15) is 22.8 Å². The number of carbonyl (C=O) groups excluding carboxylic acids is 1. The summed E-state index contributed by atoms with van der Waals surface area (Å²) in [6.45, 7) is 2.30. The molecule has 0 radical (unpaired) electrons. The maximum Gasteiger partial charge on any atom is 0.255 e. The molecular weight excluding hydrogens is 280 g/mol. The molecule has 0 saturated carbocycles. The van der Waals surface area contributed by atoms with E-state index in [9.17, 15) is 4.79 Å². The van der Waals surface area contributed by atoms with Crippen molar-refractivity contribution >= 4 is 5.91 Å². The average Bonchev–Trinajstić information content (AvgIpc) is 3.02. The van der Waals surface area contributed by atoms with E-state index in [1.165, 1.54) is 0 Å². The van der Waals surface area contributed by atoms with E-state index in [0.29, 0.717) is 5.56 Å². The van der Waals surface area contributed by atoms with Crippen LogP contribution >= 0.6 is 0 Å². The van der Waals surface area contributed by atoms with Crippen LogP contribution in [0.15, 0.2) is 42.7 Å². The van der Waals surface area contributed by atoms with Crippen molar-refractivity contribution < 1.29 is 14.3 Å². The fourth-order valence-corrected chi connectivity index (χ4v) is 2.44. The summed E-state index contributed by atoms with van der Waals surface area (Å²) in [5.74, 6) is 1.52. The number of benzene rings is 1. The number of fused-ring (bicyclic) bond motifs is 1. The highest BCUT2D eigenvalue weighted by molar-refractivity contribution is 5.93. The zero-order valence-corrected chi connectivity index (χ0v) is 12.7. The Morgan fingerprint density at radius 2 is 2.14 bits per heavy atom. The minimum Gasteiger partial charge on any atom is -0.454 e. The lowest BCUT2D eigenvalue weighted by Crippen LogP contribution is -2.36. The lowest BCUT2D eigenvalue weighted by molar-refractivity contribution is 0.0743. The second-order valence-corrected chi connectivity index (χ2v) is 5.40. The number of amides is 1. The van der Waals surface area contributed by atoms with Crippen LogP contribution in [0.5, 0.6) is 11.5 Å². The minimum absolute atomic E-state index is 0.0265. The second kappa shape index (κ2) is 6.05. The number of hydrogen-bond acceptors (Lipinski definition) is 4. The molecule has 0 bridgehead atoms. The Bertz CT molecular complexity index is 673. The molecule has 1 atom stereocenters. The summed E-state index contributed by atoms with van der Waals surface area (Å²) in [6, 6.07) is 9.50. The van der Waals surface area contributed by atoms with Gasteiger partial charge in [-0.1, -0.05) is 6.07 Å². The highest BCUT2D eigenvalue weighted by atomic mass is 16.7. The van der Waals surface area contributed by atoms with Crippen molar-refractivity contribution in [1.29, 1.82) is 0 Å². The lowest BCUT2D eigenvalue weighted by Gasteiger charge is -2.25. The van der Waals surface area contributed by atoms with Gasteiger partial charge in [-0.15, -0.1) is 0 Å². The molecule has 1 amide bonds. The fourth-order valence-electron chi connectivity index (χ4n) is 2.44. The Kier molecular flexibility index (Phi) is 3.96. The van der Waals surface area contributed by atoms with Crippen molar-refractivity contribution in [3.05, 3.63) is 53.9 Å². The zero-order valence-electron chi connectivity index (χ0n) is 12.7. The summed E-state index contributed by atoms with van der Waals surface area (Å²) >= 11 is 0. The smallest absolute Gasteiger partial charge is 0.255 e. The zero-order chi connectivity index (χ0) is 15.5. The summed E-state index contributed by atoms with van der Waals surface area (Å²) in [4.78, 5) is 18.1. The topological polar surface area (TPSA) is 51.7 Å². The van der Waals surface area contributed by atoms with Crippen LogP contribution < -0.4 is 9.47 Å². The largest absolute Gasteiger partial charge is 0.454 e. The Balaban J connectivity index is 1.68. The molecule has 114 valence electrons. The highest BCUT2D eigenvalue weighted by Crippen LogP contribution is 2.32. The van der Waals surface area contributed by atoms with Crippen LogP contribution in [0.25, 0.3) is 0 Å². The van der Waals surface area contributed by atoms with Crippen LogP contribution in [0.2, 0.25) is 0 Å². The van der Waals surface area contributed by atoms with E-state index in [1.54, 1.807) is 29.4 Å². The Labute approximate surface area is 129 Å². The Morgan fingerprint density at radius 3 is 2.91 bits per heavy atom. The normalized spacial score (nSPS) is 13.7. The van der Waals surface area contributed by atoms with Crippen LogP contribution in [0.3, 0.4) is 0 Å². The van der Waals surface area contributed by atoms with Gasteiger partial charge in [0.15, 0.2) is 11.5 Å². The first kappa shape index (κ1) is 14.4. The van der Waals surface area contributed by atoms with Crippen LogP contribution in [-0.4, -0.2) is 35.7 Å². The van der Waals surface area contributed by atoms with Gasteiger partial charge < -0.3 is 14.4 Å². The molecule has 1 aliphatic heterocycles. The number of likely N-dealkylation sites (N-methyl/N-ethyl adjacent to an activating group) is 1. The molecule has 1 unspecified atom stereocenters. The van der Waals surface area contributed by atoms with Crippen molar-refractivity contribution in [3.8, 4) is 11.5 Å². The van der Waals surface area contributed by atoms with E-state index in [1.807, 2.05) is 32.2 Å². The van der Waals surface area contributed by atoms with Crippen LogP contribution in [0.4, 0.5) is 0 Å². The van der Waals surface area contributed by atoms with Gasteiger partial charge in [-0.2, -0.15) is 0 Å². The summed E-state index contributed by atoms with van der Waals surface area (Å²) in [6.07, 6.45) is 4.00. The molecule has 5 heteroatoms. The maximum atomic E-state index is 12.4. The number of pyridine rings is 1. The molecule has 2 aromatic rings. The molecule has 0 aliphatic carbocycles. The Hall–Kier alpha value is -2.56. The average molecular weight is 298 g/mol. The first-order chi connectivity index (χ1) is 10.6. The van der Waals surface area contributed by atoms with Gasteiger partial charge in [0.25, 0.3) is 5.91 Å². The summed E-state index contributed by atoms with van der Waals surface area (Å²) in [7, 11) is 1.81. The second-order valence-electron chi connectivity index (χ2n) is 5.40. The quantitative estimate of drug-likeness (QED) is 0.870. The SMILES string of the molecule is CC(Cc1ccc2c(c1)OCO2)N(C)C(=O)c1cccnc1. The van der Waals surface area contributed by atoms with Gasteiger partial charge in [-0.3, -0.25) is 9.78 Å². The van der Waals surface area contributed by atoms with E-state index in [4.69, 9.17) is 9.47 Å². The molecule has 0 fully saturated rings. The lowest BCUT2D eigenvalue weighted by atomic mass is 10.0. The van der Waals surface area contributed by atoms with Gasteiger partial charge >= 0.3 is 0 Å². The number of carbonyl (C=O) groups is 1. The third kappa shape index (κ3) is 2.88. The van der Waals surface area contributed by atoms with E-state index >= 15 is 0 Å². The summed E-state index contributed by atoms with van der Waals surface area (Å²) < 4.78 is 10.7. The summed E-state index contributed by atoms with van der Waals surface area (Å²) in [5, 5.41) is 0. The predicted molar refractivity (Wildman–Crippen MR) is 82.1 cm³/mol. The standard InChI is InChI=1S/C17H18N2O3/c1-12(19(2)17(20)14-4-3-7-18-10-14)8-13-5-6-15-16(9-13)22-11-21-15/h3-7,9-10,12H,8,11H2,1-2H3. The monoisotopic (exact) mass is 298 g/mol. The van der Waals surface area contributed by atoms with Crippen molar-refractivity contribution in [2.75, 3.05) is 13.8 Å². The summed E-state index contributed by atoms with van der Waals surface area (Å²) in [5.41, 5.74) is 1.71. The van der Waals surface area contributed by atoms with Gasteiger partial charge in [0, 0.05) is 25.5 Å². The predicted octanol–water partition coefficient (Wildman–Crippen LogP) is 2.51. The maximum absolute atomic E-state index is 12.4. The molecule has 0 N–H and O–H groups in total. The molecule has 1 aliphatic rings. The molecule has 2 heterocycles. The van der Waals surface area contributed by atoms with Gasteiger partial charge in [-0.25, -0.2) is 0 Å². The minimum atomic E-state index is -0.0265. The van der Waals surface area contributed by atoms with E-state index < -0.39 is 0 Å². The van der Waals surface area contributed by atoms with Gasteiger partial charge in [0.05, 0.1) is 5.56 Å². The van der Waals surface area contributed by atoms with Gasteiger partial charge in [-0.05, 0) is 43.2 Å². The van der Waals surface area contributed by atoms with Crippen molar-refractivity contribution in [3.63, 3.8) is 0 Å². The number of rotatable bonds is 4. The van der Waals surface area contributed by atoms with Crippen LogP contribution in [0, 0.1) is 0 Å². The highest BCUT2D eigenvalue weighted by Gasteiger charge is 2.19. The Morgan fingerprint density at radius 1 is 1.32 bits per heavy atom. The molecule has 3 rings (SSSR count). The molecule has 0 saturated heterocycles. The van der Waals surface area contributed by atoms with Crippen molar-refractivity contribution in [2.24, 2.45) is 0 Å². The molecule has 22 heavy (non-hydrogen) atoms. The number of hydrogen-bond donors (Lipinski definition) is 0. The third-order valence-corrected chi connectivity index (χ3v) is 3.86. The van der Waals surface area contributed by atoms with Crippen LogP contribution in [-0.2, 0) is 6.42 Å². The molecule has 1 aromatic carbocycles. The van der Waals surface area contributed by atoms with E-state index in [0.717, 1.165) is 23.5 Å². The van der Waals surface area contributed by atoms with Gasteiger partial charge in [0.2, 0.25) is 6.79 Å². The molecular formula is C17H18N2O3. The first-order valence-electron chi connectivity index (χ1n) is 7.21. The molecule has 0 spiro atoms. The van der Waals surface area contributed by atoms with Crippen molar-refractivity contribution in [2.45, 2.75) is 19.4 Å². The fraction of sp³-hybridized carbons (Fsp3) is 0.294. The number of ether oxygens (including phenoxy) is 2.